The number of nitrogens with zero attached hydrogens (tertiary/aromatic N) is 1. The van der Waals surface area contributed by atoms with Gasteiger partial charge in [-0.1, -0.05) is 51.8 Å². The molecular formula is C16H13BrN2. The summed E-state index contributed by atoms with van der Waals surface area (Å²) >= 11 is 3.46. The van der Waals surface area contributed by atoms with Gasteiger partial charge in [-0.25, -0.2) is 4.98 Å². The third-order valence-electron chi connectivity index (χ3n) is 2.97. The summed E-state index contributed by atoms with van der Waals surface area (Å²) in [6.45, 7) is 2.09. The van der Waals surface area contributed by atoms with Gasteiger partial charge in [0.25, 0.3) is 0 Å². The number of nitrogens with one attached hydrogen (secondary N) is 1. The van der Waals surface area contributed by atoms with Gasteiger partial charge in [-0.15, -0.1) is 0 Å². The van der Waals surface area contributed by atoms with E-state index in [2.05, 4.69) is 63.2 Å². The molecule has 19 heavy (non-hydrogen) atoms. The first-order chi connectivity index (χ1) is 9.20. The van der Waals surface area contributed by atoms with E-state index in [0.717, 1.165) is 21.3 Å². The Morgan fingerprint density at radius 2 is 1.84 bits per heavy atom. The molecule has 0 amide bonds. The SMILES string of the molecule is Cc1ccc(/C=C/c2nc3ccc(Br)cc3[nH]2)cc1. The topological polar surface area (TPSA) is 28.7 Å². The highest BCUT2D eigenvalue weighted by Crippen LogP contribution is 2.18. The smallest absolute Gasteiger partial charge is 0.131 e. The lowest BCUT2D eigenvalue weighted by Gasteiger charge is -1.93. The summed E-state index contributed by atoms with van der Waals surface area (Å²) in [6.07, 6.45) is 4.06. The Labute approximate surface area is 120 Å². The number of fused-ring (bicyclic) bond motifs is 1. The number of imidazole rings is 1. The molecular weight excluding hydrogens is 300 g/mol. The lowest BCUT2D eigenvalue weighted by atomic mass is 10.1. The van der Waals surface area contributed by atoms with Crippen molar-refractivity contribution in [2.45, 2.75) is 6.92 Å². The molecule has 3 aromatic rings. The van der Waals surface area contributed by atoms with Crippen molar-refractivity contribution in [1.82, 2.24) is 9.97 Å². The highest BCUT2D eigenvalue weighted by Gasteiger charge is 2.00. The van der Waals surface area contributed by atoms with E-state index < -0.39 is 0 Å². The Hall–Kier alpha value is -1.87. The van der Waals surface area contributed by atoms with Crippen LogP contribution in [0.3, 0.4) is 0 Å². The minimum atomic E-state index is 0.869. The zero-order valence-corrected chi connectivity index (χ0v) is 12.1. The van der Waals surface area contributed by atoms with Crippen LogP contribution in [0, 0.1) is 6.92 Å². The summed E-state index contributed by atoms with van der Waals surface area (Å²) < 4.78 is 1.05. The van der Waals surface area contributed by atoms with Gasteiger partial charge in [0.2, 0.25) is 0 Å². The highest BCUT2D eigenvalue weighted by molar-refractivity contribution is 9.10. The van der Waals surface area contributed by atoms with Crippen molar-refractivity contribution in [2.24, 2.45) is 0 Å². The predicted molar refractivity (Wildman–Crippen MR) is 83.9 cm³/mol. The second-order valence-corrected chi connectivity index (χ2v) is 5.44. The summed E-state index contributed by atoms with van der Waals surface area (Å²) in [5, 5.41) is 0. The number of H-pyrrole nitrogens is 1. The fourth-order valence-corrected chi connectivity index (χ4v) is 2.29. The van der Waals surface area contributed by atoms with E-state index in [1.165, 1.54) is 11.1 Å². The number of aromatic nitrogens is 2. The molecule has 0 saturated carbocycles. The highest BCUT2D eigenvalue weighted by atomic mass is 79.9. The molecule has 0 unspecified atom stereocenters. The van der Waals surface area contributed by atoms with E-state index in [-0.39, 0.29) is 0 Å². The van der Waals surface area contributed by atoms with Gasteiger partial charge in [-0.3, -0.25) is 0 Å². The lowest BCUT2D eigenvalue weighted by molar-refractivity contribution is 1.29. The molecule has 0 spiro atoms. The van der Waals surface area contributed by atoms with E-state index in [1.807, 2.05) is 24.3 Å². The maximum absolute atomic E-state index is 4.52. The van der Waals surface area contributed by atoms with Crippen molar-refractivity contribution >= 4 is 39.1 Å². The van der Waals surface area contributed by atoms with Gasteiger partial charge in [0.15, 0.2) is 0 Å². The summed E-state index contributed by atoms with van der Waals surface area (Å²) in [6, 6.07) is 14.4. The van der Waals surface area contributed by atoms with Gasteiger partial charge in [0.1, 0.15) is 5.82 Å². The average Bonchev–Trinajstić information content (AvgIpc) is 2.80. The maximum Gasteiger partial charge on any atom is 0.131 e. The summed E-state index contributed by atoms with van der Waals surface area (Å²) in [7, 11) is 0. The molecule has 1 heterocycles. The molecule has 3 rings (SSSR count). The van der Waals surface area contributed by atoms with Crippen LogP contribution in [0.1, 0.15) is 17.0 Å². The largest absolute Gasteiger partial charge is 0.338 e. The van der Waals surface area contributed by atoms with Crippen LogP contribution in [0.15, 0.2) is 46.9 Å². The Morgan fingerprint density at radius 3 is 2.63 bits per heavy atom. The first kappa shape index (κ1) is 12.2. The van der Waals surface area contributed by atoms with Crippen molar-refractivity contribution in [3.8, 4) is 0 Å². The molecule has 2 aromatic carbocycles. The van der Waals surface area contributed by atoms with Crippen molar-refractivity contribution in [3.05, 3.63) is 63.9 Å². The summed E-state index contributed by atoms with van der Waals surface area (Å²) in [4.78, 5) is 7.81. The number of aromatic amines is 1. The average molecular weight is 313 g/mol. The van der Waals surface area contributed by atoms with Gasteiger partial charge in [0, 0.05) is 4.47 Å². The number of hydrogen-bond acceptors (Lipinski definition) is 1. The molecule has 0 radical (unpaired) electrons. The van der Waals surface area contributed by atoms with Crippen LogP contribution >= 0.6 is 15.9 Å². The quantitative estimate of drug-likeness (QED) is 0.723. The predicted octanol–water partition coefficient (Wildman–Crippen LogP) is 4.80. The van der Waals surface area contributed by atoms with Gasteiger partial charge in [-0.2, -0.15) is 0 Å². The van der Waals surface area contributed by atoms with E-state index in [1.54, 1.807) is 0 Å². The molecule has 0 atom stereocenters. The van der Waals surface area contributed by atoms with E-state index in [0.29, 0.717) is 0 Å². The summed E-state index contributed by atoms with van der Waals surface area (Å²) in [5.74, 6) is 0.869. The van der Waals surface area contributed by atoms with E-state index >= 15 is 0 Å². The van der Waals surface area contributed by atoms with E-state index in [9.17, 15) is 0 Å². The van der Waals surface area contributed by atoms with Crippen molar-refractivity contribution < 1.29 is 0 Å². The first-order valence-corrected chi connectivity index (χ1v) is 6.90. The number of benzene rings is 2. The number of hydrogen-bond donors (Lipinski definition) is 1. The molecule has 0 aliphatic rings. The van der Waals surface area contributed by atoms with Gasteiger partial charge in [-0.05, 0) is 36.8 Å². The molecule has 2 nitrogen and oxygen atoms in total. The summed E-state index contributed by atoms with van der Waals surface area (Å²) in [5.41, 5.74) is 4.46. The fraction of sp³-hybridized carbons (Fsp3) is 0.0625. The van der Waals surface area contributed by atoms with Crippen LogP contribution in [0.25, 0.3) is 23.2 Å². The van der Waals surface area contributed by atoms with Crippen LogP contribution < -0.4 is 0 Å². The Bertz CT molecular complexity index is 739. The van der Waals surface area contributed by atoms with Gasteiger partial charge >= 0.3 is 0 Å². The minimum Gasteiger partial charge on any atom is -0.338 e. The van der Waals surface area contributed by atoms with Crippen molar-refractivity contribution in [3.63, 3.8) is 0 Å². The standard InChI is InChI=1S/C16H13BrN2/c1-11-2-4-12(5-3-11)6-9-16-18-14-8-7-13(17)10-15(14)19-16/h2-10H,1H3,(H,18,19)/b9-6+. The Kier molecular flexibility index (Phi) is 3.22. The second-order valence-electron chi connectivity index (χ2n) is 4.53. The third-order valence-corrected chi connectivity index (χ3v) is 3.47. The minimum absolute atomic E-state index is 0.869. The molecule has 0 saturated heterocycles. The fourth-order valence-electron chi connectivity index (χ4n) is 1.93. The molecule has 0 bridgehead atoms. The van der Waals surface area contributed by atoms with Gasteiger partial charge < -0.3 is 4.98 Å². The van der Waals surface area contributed by atoms with Crippen LogP contribution in [-0.2, 0) is 0 Å². The zero-order valence-electron chi connectivity index (χ0n) is 10.5. The Morgan fingerprint density at radius 1 is 1.05 bits per heavy atom. The second kappa shape index (κ2) is 5.02. The lowest BCUT2D eigenvalue weighted by Crippen LogP contribution is -1.76. The monoisotopic (exact) mass is 312 g/mol. The van der Waals surface area contributed by atoms with Crippen LogP contribution in [0.2, 0.25) is 0 Å². The molecule has 3 heteroatoms. The Balaban J connectivity index is 1.90. The third kappa shape index (κ3) is 2.76. The molecule has 0 aliphatic heterocycles. The maximum atomic E-state index is 4.52. The van der Waals surface area contributed by atoms with Gasteiger partial charge in [0.05, 0.1) is 11.0 Å². The molecule has 1 aromatic heterocycles. The zero-order chi connectivity index (χ0) is 13.2. The number of aryl methyl sites for hydroxylation is 1. The first-order valence-electron chi connectivity index (χ1n) is 6.11. The molecule has 1 N–H and O–H groups in total. The molecule has 0 fully saturated rings. The van der Waals surface area contributed by atoms with Crippen molar-refractivity contribution in [1.29, 1.82) is 0 Å². The molecule has 0 aliphatic carbocycles. The van der Waals surface area contributed by atoms with Crippen LogP contribution in [0.5, 0.6) is 0 Å². The van der Waals surface area contributed by atoms with Crippen molar-refractivity contribution in [2.75, 3.05) is 0 Å². The normalized spacial score (nSPS) is 11.5. The van der Waals surface area contributed by atoms with Crippen LogP contribution in [0.4, 0.5) is 0 Å². The van der Waals surface area contributed by atoms with E-state index in [4.69, 9.17) is 0 Å². The van der Waals surface area contributed by atoms with Crippen LogP contribution in [-0.4, -0.2) is 9.97 Å². The number of rotatable bonds is 2. The molecule has 94 valence electrons. The number of halogens is 1.